The van der Waals surface area contributed by atoms with Gasteiger partial charge in [0, 0.05) is 6.42 Å². The summed E-state index contributed by atoms with van der Waals surface area (Å²) in [6, 6.07) is 0. The molecule has 0 aromatic rings. The van der Waals surface area contributed by atoms with E-state index >= 15 is 0 Å². The molecule has 128 valence electrons. The van der Waals surface area contributed by atoms with E-state index in [0.717, 1.165) is 43.9 Å². The fourth-order valence-electron chi connectivity index (χ4n) is 7.44. The van der Waals surface area contributed by atoms with Crippen LogP contribution in [0.5, 0.6) is 0 Å². The smallest absolute Gasteiger partial charge is 0.155 e. The molecular formula is C21H32O2. The summed E-state index contributed by atoms with van der Waals surface area (Å²) >= 11 is 0. The lowest BCUT2D eigenvalue weighted by Gasteiger charge is -2.58. The molecule has 0 aromatic heterocycles. The fraction of sp³-hybridized carbons (Fsp3) is 0.857. The molecule has 0 heterocycles. The number of rotatable bonds is 1. The first-order valence-corrected chi connectivity index (χ1v) is 9.85. The summed E-state index contributed by atoms with van der Waals surface area (Å²) in [5, 5.41) is 11.3. The number of hydrogen-bond acceptors (Lipinski definition) is 2. The first kappa shape index (κ1) is 15.9. The Kier molecular flexibility index (Phi) is 3.58. The third-order valence-corrected chi connectivity index (χ3v) is 8.50. The Balaban J connectivity index is 1.69. The van der Waals surface area contributed by atoms with E-state index in [2.05, 4.69) is 20.8 Å². The Labute approximate surface area is 140 Å². The number of carbonyl (C=O) groups excluding carboxylic acids is 1. The number of carbonyl (C=O) groups is 1. The van der Waals surface area contributed by atoms with E-state index in [-0.39, 0.29) is 5.41 Å². The maximum Gasteiger partial charge on any atom is 0.155 e. The Morgan fingerprint density at radius 2 is 2.04 bits per heavy atom. The Morgan fingerprint density at radius 3 is 2.78 bits per heavy atom. The van der Waals surface area contributed by atoms with Gasteiger partial charge in [-0.3, -0.25) is 4.79 Å². The quantitative estimate of drug-likeness (QED) is 0.772. The van der Waals surface area contributed by atoms with Crippen molar-refractivity contribution in [3.63, 3.8) is 0 Å². The number of hydrogen-bond donors (Lipinski definition) is 1. The van der Waals surface area contributed by atoms with Crippen molar-refractivity contribution in [1.29, 1.82) is 0 Å². The zero-order valence-electron chi connectivity index (χ0n) is 15.0. The highest BCUT2D eigenvalue weighted by atomic mass is 16.3. The van der Waals surface area contributed by atoms with Gasteiger partial charge in [0.25, 0.3) is 0 Å². The van der Waals surface area contributed by atoms with E-state index in [0.29, 0.717) is 23.5 Å². The largest absolute Gasteiger partial charge is 0.389 e. The van der Waals surface area contributed by atoms with Crippen LogP contribution in [0.3, 0.4) is 0 Å². The minimum Gasteiger partial charge on any atom is -0.389 e. The minimum absolute atomic E-state index is 0.105. The summed E-state index contributed by atoms with van der Waals surface area (Å²) in [4.78, 5) is 11.8. The standard InChI is InChI=1S/C21H32O2/c1-4-21(23)10-9-18-17-7-5-14-11-15(22)6-8-16(14)19(17)13(2)12-20(18,21)3/h11,13,16-19,23H,4-10,12H2,1-3H3/t13-,16-,17-,18-,19+,20-,21-/m0/s1. The van der Waals surface area contributed by atoms with Crippen LogP contribution in [-0.2, 0) is 4.79 Å². The van der Waals surface area contributed by atoms with Crippen LogP contribution in [-0.4, -0.2) is 16.5 Å². The van der Waals surface area contributed by atoms with E-state index in [1.807, 2.05) is 6.08 Å². The number of allylic oxidation sites excluding steroid dienone is 1. The van der Waals surface area contributed by atoms with Gasteiger partial charge >= 0.3 is 0 Å². The van der Waals surface area contributed by atoms with Crippen LogP contribution < -0.4 is 0 Å². The second kappa shape index (κ2) is 5.18. The van der Waals surface area contributed by atoms with Gasteiger partial charge in [0.15, 0.2) is 5.78 Å². The van der Waals surface area contributed by atoms with E-state index in [1.54, 1.807) is 0 Å². The zero-order chi connectivity index (χ0) is 16.4. The molecule has 0 spiro atoms. The molecule has 0 aliphatic heterocycles. The van der Waals surface area contributed by atoms with Crippen LogP contribution in [0.2, 0.25) is 0 Å². The van der Waals surface area contributed by atoms with Crippen molar-refractivity contribution < 1.29 is 9.90 Å². The third-order valence-electron chi connectivity index (χ3n) is 8.50. The average Bonchev–Trinajstić information content (AvgIpc) is 2.78. The van der Waals surface area contributed by atoms with Crippen molar-refractivity contribution in [2.75, 3.05) is 0 Å². The van der Waals surface area contributed by atoms with Gasteiger partial charge < -0.3 is 5.11 Å². The number of fused-ring (bicyclic) bond motifs is 5. The van der Waals surface area contributed by atoms with Gasteiger partial charge in [0.2, 0.25) is 0 Å². The SMILES string of the molecule is CC[C@]1(O)CC[C@H]2[C@@H]3CCC4=CC(=O)CC[C@@H]4[C@H]3[C@@H](C)C[C@@]21C. The Bertz CT molecular complexity index is 550. The maximum atomic E-state index is 11.8. The predicted molar refractivity (Wildman–Crippen MR) is 91.9 cm³/mol. The van der Waals surface area contributed by atoms with E-state index in [1.165, 1.54) is 24.8 Å². The summed E-state index contributed by atoms with van der Waals surface area (Å²) in [5.41, 5.74) is 1.12. The molecule has 2 nitrogen and oxygen atoms in total. The molecule has 4 aliphatic carbocycles. The van der Waals surface area contributed by atoms with Crippen LogP contribution in [0.4, 0.5) is 0 Å². The van der Waals surface area contributed by atoms with E-state index in [9.17, 15) is 9.90 Å². The summed E-state index contributed by atoms with van der Waals surface area (Å²) in [6.07, 6.45) is 10.5. The van der Waals surface area contributed by atoms with Gasteiger partial charge in [-0.2, -0.15) is 0 Å². The molecule has 0 aromatic carbocycles. The molecule has 3 fully saturated rings. The topological polar surface area (TPSA) is 37.3 Å². The van der Waals surface area contributed by atoms with Crippen molar-refractivity contribution in [2.45, 2.75) is 77.7 Å². The molecule has 4 rings (SSSR count). The van der Waals surface area contributed by atoms with Crippen LogP contribution in [0.25, 0.3) is 0 Å². The third kappa shape index (κ3) is 2.06. The van der Waals surface area contributed by atoms with Gasteiger partial charge in [0.05, 0.1) is 5.60 Å². The van der Waals surface area contributed by atoms with Gasteiger partial charge in [0.1, 0.15) is 0 Å². The highest BCUT2D eigenvalue weighted by Crippen LogP contribution is 2.66. The molecular weight excluding hydrogens is 284 g/mol. The molecule has 23 heavy (non-hydrogen) atoms. The summed E-state index contributed by atoms with van der Waals surface area (Å²) < 4.78 is 0. The van der Waals surface area contributed by atoms with Crippen molar-refractivity contribution in [3.8, 4) is 0 Å². The highest BCUT2D eigenvalue weighted by Gasteiger charge is 2.63. The van der Waals surface area contributed by atoms with Crippen LogP contribution in [0.1, 0.15) is 72.1 Å². The molecule has 0 unspecified atom stereocenters. The molecule has 1 N–H and O–H groups in total. The molecule has 0 saturated heterocycles. The molecule has 0 radical (unpaired) electrons. The van der Waals surface area contributed by atoms with Crippen molar-refractivity contribution >= 4 is 5.78 Å². The molecule has 0 amide bonds. The van der Waals surface area contributed by atoms with E-state index in [4.69, 9.17) is 0 Å². The second-order valence-electron chi connectivity index (χ2n) is 9.24. The molecule has 0 bridgehead atoms. The molecule has 3 saturated carbocycles. The first-order valence-electron chi connectivity index (χ1n) is 9.85. The summed E-state index contributed by atoms with van der Waals surface area (Å²) in [7, 11) is 0. The Hall–Kier alpha value is -0.630. The monoisotopic (exact) mass is 316 g/mol. The lowest BCUT2D eigenvalue weighted by molar-refractivity contribution is -0.137. The van der Waals surface area contributed by atoms with Gasteiger partial charge in [-0.1, -0.05) is 26.3 Å². The summed E-state index contributed by atoms with van der Waals surface area (Å²) in [6.45, 7) is 6.97. The molecule has 7 atom stereocenters. The highest BCUT2D eigenvalue weighted by molar-refractivity contribution is 5.91. The van der Waals surface area contributed by atoms with Crippen molar-refractivity contribution in [2.24, 2.45) is 35.0 Å². The van der Waals surface area contributed by atoms with Gasteiger partial charge in [-0.05, 0) is 86.0 Å². The fourth-order valence-corrected chi connectivity index (χ4v) is 7.44. The van der Waals surface area contributed by atoms with Gasteiger partial charge in [-0.15, -0.1) is 0 Å². The Morgan fingerprint density at radius 1 is 1.26 bits per heavy atom. The predicted octanol–water partition coefficient (Wildman–Crippen LogP) is 4.52. The van der Waals surface area contributed by atoms with Crippen molar-refractivity contribution in [3.05, 3.63) is 11.6 Å². The van der Waals surface area contributed by atoms with Crippen molar-refractivity contribution in [1.82, 2.24) is 0 Å². The van der Waals surface area contributed by atoms with Crippen LogP contribution in [0, 0.1) is 35.0 Å². The maximum absolute atomic E-state index is 11.8. The minimum atomic E-state index is -0.449. The first-order chi connectivity index (χ1) is 10.9. The second-order valence-corrected chi connectivity index (χ2v) is 9.24. The lowest BCUT2D eigenvalue weighted by Crippen LogP contribution is -2.55. The molecule has 2 heteroatoms. The lowest BCUT2D eigenvalue weighted by atomic mass is 9.47. The summed E-state index contributed by atoms with van der Waals surface area (Å²) in [5.74, 6) is 3.87. The van der Waals surface area contributed by atoms with Crippen LogP contribution in [0.15, 0.2) is 11.6 Å². The van der Waals surface area contributed by atoms with Crippen LogP contribution >= 0.6 is 0 Å². The molecule has 4 aliphatic rings. The van der Waals surface area contributed by atoms with E-state index < -0.39 is 5.60 Å². The average molecular weight is 316 g/mol. The zero-order valence-corrected chi connectivity index (χ0v) is 15.0. The number of aliphatic hydroxyl groups is 1. The number of ketones is 1. The normalized spacial score (nSPS) is 52.4. The van der Waals surface area contributed by atoms with Gasteiger partial charge in [-0.25, -0.2) is 0 Å².